The first-order chi connectivity index (χ1) is 10.5. The van der Waals surface area contributed by atoms with Crippen molar-refractivity contribution in [1.82, 2.24) is 0 Å². The van der Waals surface area contributed by atoms with Gasteiger partial charge in [-0.1, -0.05) is 35.9 Å². The second-order valence-corrected chi connectivity index (χ2v) is 5.73. The summed E-state index contributed by atoms with van der Waals surface area (Å²) in [6.45, 7) is 2.30. The lowest BCUT2D eigenvalue weighted by molar-refractivity contribution is -0.902. The Balaban J connectivity index is 1.96. The van der Waals surface area contributed by atoms with Gasteiger partial charge in [-0.2, -0.15) is 0 Å². The van der Waals surface area contributed by atoms with E-state index in [-0.39, 0.29) is 17.8 Å². The molecule has 0 spiro atoms. The van der Waals surface area contributed by atoms with Gasteiger partial charge < -0.3 is 10.2 Å². The Bertz CT molecular complexity index is 645. The van der Waals surface area contributed by atoms with Crippen LogP contribution in [-0.2, 0) is 4.79 Å². The van der Waals surface area contributed by atoms with Crippen LogP contribution in [0.25, 0.3) is 0 Å². The van der Waals surface area contributed by atoms with E-state index in [4.69, 9.17) is 11.6 Å². The molecule has 2 N–H and O–H groups in total. The summed E-state index contributed by atoms with van der Waals surface area (Å²) in [6.07, 6.45) is 0. The first-order valence-corrected chi connectivity index (χ1v) is 7.47. The predicted octanol–water partition coefficient (Wildman–Crippen LogP) is 2.69. The van der Waals surface area contributed by atoms with Gasteiger partial charge in [0, 0.05) is 5.56 Å². The van der Waals surface area contributed by atoms with Crippen LogP contribution in [0.1, 0.15) is 18.5 Å². The maximum absolute atomic E-state index is 13.0. The molecule has 0 aliphatic carbocycles. The zero-order valence-electron chi connectivity index (χ0n) is 12.6. The minimum absolute atomic E-state index is 0.0811. The smallest absolute Gasteiger partial charge is 0.279 e. The van der Waals surface area contributed by atoms with Gasteiger partial charge in [-0.15, -0.1) is 0 Å². The number of carbonyl (C=O) groups is 1. The number of para-hydroxylation sites is 1. The first kappa shape index (κ1) is 16.5. The van der Waals surface area contributed by atoms with Crippen LogP contribution in [0.4, 0.5) is 10.1 Å². The molecule has 0 bridgehead atoms. The van der Waals surface area contributed by atoms with Crippen molar-refractivity contribution in [3.05, 3.63) is 64.9 Å². The Labute approximate surface area is 134 Å². The molecule has 0 saturated carbocycles. The molecule has 0 aliphatic rings. The Morgan fingerprint density at radius 1 is 1.23 bits per heavy atom. The van der Waals surface area contributed by atoms with E-state index in [1.807, 2.05) is 26.1 Å². The van der Waals surface area contributed by atoms with Crippen molar-refractivity contribution < 1.29 is 14.1 Å². The number of quaternary nitrogens is 1. The normalized spacial score (nSPS) is 13.5. The SMILES string of the molecule is C[C@@H](c1ccc(F)cc1)[NH+](C)CC(=O)Nc1ccccc1Cl. The lowest BCUT2D eigenvalue weighted by Crippen LogP contribution is -3.10. The van der Waals surface area contributed by atoms with Crippen molar-refractivity contribution in [3.63, 3.8) is 0 Å². The van der Waals surface area contributed by atoms with Gasteiger partial charge in [0.2, 0.25) is 0 Å². The van der Waals surface area contributed by atoms with Gasteiger partial charge in [0.15, 0.2) is 6.54 Å². The van der Waals surface area contributed by atoms with Crippen molar-refractivity contribution in [3.8, 4) is 0 Å². The topological polar surface area (TPSA) is 33.5 Å². The van der Waals surface area contributed by atoms with Gasteiger partial charge in [0.25, 0.3) is 5.91 Å². The summed E-state index contributed by atoms with van der Waals surface area (Å²) in [5.74, 6) is -0.371. The molecule has 2 aromatic rings. The molecular weight excluding hydrogens is 303 g/mol. The van der Waals surface area contributed by atoms with Crippen LogP contribution in [-0.4, -0.2) is 19.5 Å². The van der Waals surface area contributed by atoms with Crippen molar-refractivity contribution in [2.24, 2.45) is 0 Å². The number of likely N-dealkylation sites (N-methyl/N-ethyl adjacent to an activating group) is 1. The highest BCUT2D eigenvalue weighted by Gasteiger charge is 2.19. The van der Waals surface area contributed by atoms with Gasteiger partial charge in [0.1, 0.15) is 11.9 Å². The van der Waals surface area contributed by atoms with Gasteiger partial charge in [-0.25, -0.2) is 4.39 Å². The Morgan fingerprint density at radius 2 is 1.86 bits per heavy atom. The van der Waals surface area contributed by atoms with Crippen molar-refractivity contribution in [2.75, 3.05) is 18.9 Å². The molecule has 0 aliphatic heterocycles. The van der Waals surface area contributed by atoms with Crippen LogP contribution in [0.3, 0.4) is 0 Å². The second kappa shape index (κ2) is 7.38. The van der Waals surface area contributed by atoms with Gasteiger partial charge in [-0.3, -0.25) is 4.79 Å². The highest BCUT2D eigenvalue weighted by atomic mass is 35.5. The molecule has 22 heavy (non-hydrogen) atoms. The summed E-state index contributed by atoms with van der Waals surface area (Å²) in [5, 5.41) is 3.32. The van der Waals surface area contributed by atoms with E-state index in [0.29, 0.717) is 17.3 Å². The summed E-state index contributed by atoms with van der Waals surface area (Å²) in [7, 11) is 1.93. The second-order valence-electron chi connectivity index (χ2n) is 5.32. The molecular formula is C17H19ClFN2O+. The number of amides is 1. The van der Waals surface area contributed by atoms with Gasteiger partial charge >= 0.3 is 0 Å². The molecule has 0 radical (unpaired) electrons. The molecule has 3 nitrogen and oxygen atoms in total. The summed E-state index contributed by atoms with van der Waals surface area (Å²) >= 11 is 6.02. The fraction of sp³-hybridized carbons (Fsp3) is 0.235. The third-order valence-electron chi connectivity index (χ3n) is 3.70. The maximum atomic E-state index is 13.0. The van der Waals surface area contributed by atoms with Crippen LogP contribution in [0, 0.1) is 5.82 Å². The summed E-state index contributed by atoms with van der Waals surface area (Å²) < 4.78 is 13.0. The van der Waals surface area contributed by atoms with Crippen LogP contribution in [0.15, 0.2) is 48.5 Å². The average molecular weight is 322 g/mol. The van der Waals surface area contributed by atoms with Gasteiger partial charge in [0.05, 0.1) is 17.8 Å². The Morgan fingerprint density at radius 3 is 2.50 bits per heavy atom. The quantitative estimate of drug-likeness (QED) is 0.872. The fourth-order valence-electron chi connectivity index (χ4n) is 2.20. The third kappa shape index (κ3) is 4.29. The number of halogens is 2. The fourth-order valence-corrected chi connectivity index (χ4v) is 2.38. The largest absolute Gasteiger partial charge is 0.324 e. The average Bonchev–Trinajstić information content (AvgIpc) is 2.49. The standard InChI is InChI=1S/C17H18ClFN2O/c1-12(13-7-9-14(19)10-8-13)21(2)11-17(22)20-16-6-4-3-5-15(16)18/h3-10,12H,11H2,1-2H3,(H,20,22)/p+1/t12-/m0/s1. The number of hydrogen-bond donors (Lipinski definition) is 2. The Kier molecular flexibility index (Phi) is 5.52. The van der Waals surface area contributed by atoms with E-state index in [1.165, 1.54) is 12.1 Å². The van der Waals surface area contributed by atoms with E-state index in [9.17, 15) is 9.18 Å². The molecule has 2 rings (SSSR count). The summed E-state index contributed by atoms with van der Waals surface area (Å²) in [4.78, 5) is 13.1. The molecule has 0 fully saturated rings. The number of anilines is 1. The van der Waals surface area contributed by atoms with E-state index in [0.717, 1.165) is 10.5 Å². The summed E-state index contributed by atoms with van der Waals surface area (Å²) in [5.41, 5.74) is 1.60. The van der Waals surface area contributed by atoms with Crippen molar-refractivity contribution in [2.45, 2.75) is 13.0 Å². The number of nitrogens with one attached hydrogen (secondary N) is 2. The van der Waals surface area contributed by atoms with E-state index in [2.05, 4.69) is 5.32 Å². The lowest BCUT2D eigenvalue weighted by atomic mass is 10.1. The number of carbonyl (C=O) groups excluding carboxylic acids is 1. The van der Waals surface area contributed by atoms with Gasteiger partial charge in [-0.05, 0) is 31.2 Å². The third-order valence-corrected chi connectivity index (χ3v) is 4.03. The number of rotatable bonds is 5. The zero-order valence-corrected chi connectivity index (χ0v) is 13.3. The van der Waals surface area contributed by atoms with Crippen LogP contribution >= 0.6 is 11.6 Å². The molecule has 1 amide bonds. The molecule has 0 heterocycles. The minimum atomic E-state index is -0.259. The van der Waals surface area contributed by atoms with Crippen LogP contribution < -0.4 is 10.2 Å². The van der Waals surface area contributed by atoms with E-state index >= 15 is 0 Å². The molecule has 116 valence electrons. The molecule has 2 atom stereocenters. The first-order valence-electron chi connectivity index (χ1n) is 7.09. The van der Waals surface area contributed by atoms with E-state index < -0.39 is 0 Å². The predicted molar refractivity (Wildman–Crippen MR) is 86.7 cm³/mol. The Hall–Kier alpha value is -1.91. The molecule has 0 saturated heterocycles. The number of hydrogen-bond acceptors (Lipinski definition) is 1. The van der Waals surface area contributed by atoms with E-state index in [1.54, 1.807) is 24.3 Å². The molecule has 1 unspecified atom stereocenters. The molecule has 0 aromatic heterocycles. The summed E-state index contributed by atoms with van der Waals surface area (Å²) in [6, 6.07) is 13.6. The maximum Gasteiger partial charge on any atom is 0.279 e. The minimum Gasteiger partial charge on any atom is -0.324 e. The highest BCUT2D eigenvalue weighted by Crippen LogP contribution is 2.20. The van der Waals surface area contributed by atoms with Crippen LogP contribution in [0.5, 0.6) is 0 Å². The molecule has 2 aromatic carbocycles. The van der Waals surface area contributed by atoms with Crippen molar-refractivity contribution in [1.29, 1.82) is 0 Å². The van der Waals surface area contributed by atoms with Crippen molar-refractivity contribution >= 4 is 23.2 Å². The highest BCUT2D eigenvalue weighted by molar-refractivity contribution is 6.33. The monoisotopic (exact) mass is 321 g/mol. The molecule has 5 heteroatoms. The number of benzene rings is 2. The van der Waals surface area contributed by atoms with Crippen LogP contribution in [0.2, 0.25) is 5.02 Å². The zero-order chi connectivity index (χ0) is 16.1. The lowest BCUT2D eigenvalue weighted by Gasteiger charge is -2.21.